The fourth-order valence-electron chi connectivity index (χ4n) is 1.51. The molecule has 2 nitrogen and oxygen atoms in total. The molecular weight excluding hydrogens is 198 g/mol. The number of rotatable bonds is 1. The summed E-state index contributed by atoms with van der Waals surface area (Å²) in [5, 5.41) is 0.680. The number of hydrogen-bond donors (Lipinski definition) is 0. The number of carbonyl (C=O) groups is 1. The van der Waals surface area contributed by atoms with Crippen molar-refractivity contribution < 1.29 is 4.79 Å². The van der Waals surface area contributed by atoms with Crippen LogP contribution in [0.25, 0.3) is 0 Å². The van der Waals surface area contributed by atoms with E-state index in [0.717, 1.165) is 18.7 Å². The minimum absolute atomic E-state index is 0.0207. The summed E-state index contributed by atoms with van der Waals surface area (Å²) in [5.74, 6) is 0.0207. The van der Waals surface area contributed by atoms with E-state index in [2.05, 4.69) is 6.58 Å². The Morgan fingerprint density at radius 3 is 2.43 bits per heavy atom. The highest BCUT2D eigenvalue weighted by Gasteiger charge is 2.24. The molecule has 14 heavy (non-hydrogen) atoms. The van der Waals surface area contributed by atoms with Crippen molar-refractivity contribution in [2.45, 2.75) is 6.42 Å². The molecule has 1 aliphatic heterocycles. The van der Waals surface area contributed by atoms with Gasteiger partial charge in [0.15, 0.2) is 0 Å². The first kappa shape index (κ1) is 9.28. The molecular formula is C11H10ClNO. The topological polar surface area (TPSA) is 20.3 Å². The fourth-order valence-corrected chi connectivity index (χ4v) is 1.64. The van der Waals surface area contributed by atoms with E-state index in [-0.39, 0.29) is 5.91 Å². The molecule has 0 saturated carbocycles. The highest BCUT2D eigenvalue weighted by Crippen LogP contribution is 2.24. The Labute approximate surface area is 87.8 Å². The van der Waals surface area contributed by atoms with Gasteiger partial charge in [-0.05, 0) is 30.7 Å². The van der Waals surface area contributed by atoms with Gasteiger partial charge in [-0.1, -0.05) is 18.2 Å². The second kappa shape index (κ2) is 3.46. The van der Waals surface area contributed by atoms with Crippen molar-refractivity contribution in [2.24, 2.45) is 0 Å². The third-order valence-corrected chi connectivity index (χ3v) is 2.58. The maximum absolute atomic E-state index is 11.6. The Hall–Kier alpha value is -1.28. The van der Waals surface area contributed by atoms with E-state index in [4.69, 9.17) is 11.6 Å². The largest absolute Gasteiger partial charge is 0.308 e. The van der Waals surface area contributed by atoms with Crippen LogP contribution in [0.15, 0.2) is 36.4 Å². The zero-order valence-electron chi connectivity index (χ0n) is 7.66. The van der Waals surface area contributed by atoms with Crippen LogP contribution in [0, 0.1) is 0 Å². The van der Waals surface area contributed by atoms with E-state index in [1.807, 2.05) is 12.1 Å². The van der Waals surface area contributed by atoms with E-state index < -0.39 is 0 Å². The van der Waals surface area contributed by atoms with Gasteiger partial charge in [0.2, 0.25) is 0 Å². The van der Waals surface area contributed by atoms with E-state index in [9.17, 15) is 4.79 Å². The molecule has 1 saturated heterocycles. The minimum atomic E-state index is 0.0207. The third-order valence-electron chi connectivity index (χ3n) is 2.32. The predicted molar refractivity (Wildman–Crippen MR) is 57.6 cm³/mol. The normalized spacial score (nSPS) is 16.5. The maximum atomic E-state index is 11.6. The van der Waals surface area contributed by atoms with Gasteiger partial charge >= 0.3 is 0 Å². The molecule has 1 aromatic rings. The van der Waals surface area contributed by atoms with E-state index in [1.54, 1.807) is 17.0 Å². The lowest BCUT2D eigenvalue weighted by Gasteiger charge is -2.14. The van der Waals surface area contributed by atoms with Crippen molar-refractivity contribution in [1.29, 1.82) is 0 Å². The van der Waals surface area contributed by atoms with Gasteiger partial charge in [0.25, 0.3) is 5.91 Å². The Morgan fingerprint density at radius 1 is 1.29 bits per heavy atom. The van der Waals surface area contributed by atoms with Crippen molar-refractivity contribution in [2.75, 3.05) is 11.4 Å². The quantitative estimate of drug-likeness (QED) is 0.649. The number of amides is 1. The molecule has 0 aliphatic carbocycles. The van der Waals surface area contributed by atoms with Crippen LogP contribution in [-0.4, -0.2) is 12.5 Å². The van der Waals surface area contributed by atoms with Gasteiger partial charge in [-0.25, -0.2) is 0 Å². The first-order valence-electron chi connectivity index (χ1n) is 4.44. The van der Waals surface area contributed by atoms with Gasteiger partial charge in [-0.3, -0.25) is 4.79 Å². The number of halogens is 1. The Balaban J connectivity index is 2.28. The highest BCUT2D eigenvalue weighted by molar-refractivity contribution is 6.30. The van der Waals surface area contributed by atoms with Crippen LogP contribution >= 0.6 is 11.6 Å². The molecule has 0 N–H and O–H groups in total. The van der Waals surface area contributed by atoms with Crippen molar-refractivity contribution in [3.8, 4) is 0 Å². The first-order valence-corrected chi connectivity index (χ1v) is 4.81. The molecule has 1 heterocycles. The number of carbonyl (C=O) groups excluding carboxylic acids is 1. The number of anilines is 1. The first-order chi connectivity index (χ1) is 6.68. The molecule has 1 aromatic carbocycles. The molecule has 72 valence electrons. The molecule has 0 bridgehead atoms. The Kier molecular flexibility index (Phi) is 2.30. The van der Waals surface area contributed by atoms with Gasteiger partial charge in [0, 0.05) is 22.8 Å². The molecule has 0 unspecified atom stereocenters. The average molecular weight is 208 g/mol. The monoisotopic (exact) mass is 207 g/mol. The summed E-state index contributed by atoms with van der Waals surface area (Å²) in [4.78, 5) is 13.3. The third kappa shape index (κ3) is 1.53. The molecule has 0 radical (unpaired) electrons. The van der Waals surface area contributed by atoms with Gasteiger partial charge in [0.05, 0.1) is 0 Å². The van der Waals surface area contributed by atoms with E-state index >= 15 is 0 Å². The zero-order valence-corrected chi connectivity index (χ0v) is 8.42. The van der Waals surface area contributed by atoms with Crippen molar-refractivity contribution in [3.05, 3.63) is 41.4 Å². The number of hydrogen-bond acceptors (Lipinski definition) is 1. The molecule has 0 atom stereocenters. The summed E-state index contributed by atoms with van der Waals surface area (Å²) in [6.45, 7) is 4.43. The zero-order chi connectivity index (χ0) is 10.1. The van der Waals surface area contributed by atoms with Gasteiger partial charge < -0.3 is 4.90 Å². The molecule has 1 fully saturated rings. The van der Waals surface area contributed by atoms with Crippen LogP contribution in [0.4, 0.5) is 5.69 Å². The van der Waals surface area contributed by atoms with Gasteiger partial charge in [0.1, 0.15) is 0 Å². The van der Waals surface area contributed by atoms with Crippen molar-refractivity contribution in [3.63, 3.8) is 0 Å². The molecule has 0 spiro atoms. The predicted octanol–water partition coefficient (Wildman–Crippen LogP) is 2.63. The van der Waals surface area contributed by atoms with Gasteiger partial charge in [-0.2, -0.15) is 0 Å². The van der Waals surface area contributed by atoms with Crippen LogP contribution in [0.3, 0.4) is 0 Å². The maximum Gasteiger partial charge on any atom is 0.253 e. The summed E-state index contributed by atoms with van der Waals surface area (Å²) in [7, 11) is 0. The highest BCUT2D eigenvalue weighted by atomic mass is 35.5. The van der Waals surface area contributed by atoms with Crippen LogP contribution < -0.4 is 4.90 Å². The second-order valence-corrected chi connectivity index (χ2v) is 3.72. The summed E-state index contributed by atoms with van der Waals surface area (Å²) in [6.07, 6.45) is 0.751. The second-order valence-electron chi connectivity index (χ2n) is 3.29. The van der Waals surface area contributed by atoms with Crippen LogP contribution in [0.5, 0.6) is 0 Å². The minimum Gasteiger partial charge on any atom is -0.308 e. The summed E-state index contributed by atoms with van der Waals surface area (Å²) in [5.41, 5.74) is 1.57. The lowest BCUT2D eigenvalue weighted by molar-refractivity contribution is -0.114. The number of benzene rings is 1. The Bertz CT molecular complexity index is 383. The Morgan fingerprint density at radius 2 is 1.93 bits per heavy atom. The average Bonchev–Trinajstić information content (AvgIpc) is 2.50. The van der Waals surface area contributed by atoms with E-state index in [0.29, 0.717) is 10.6 Å². The number of nitrogens with zero attached hydrogens (tertiary/aromatic N) is 1. The molecule has 1 amide bonds. The van der Waals surface area contributed by atoms with Crippen molar-refractivity contribution in [1.82, 2.24) is 0 Å². The molecule has 0 aromatic heterocycles. The SMILES string of the molecule is C=C1CCN(c2ccc(Cl)cc2)C1=O. The lowest BCUT2D eigenvalue weighted by atomic mass is 10.3. The molecule has 1 aliphatic rings. The van der Waals surface area contributed by atoms with Gasteiger partial charge in [-0.15, -0.1) is 0 Å². The van der Waals surface area contributed by atoms with Crippen LogP contribution in [0.1, 0.15) is 6.42 Å². The standard InChI is InChI=1S/C11H10ClNO/c1-8-6-7-13(11(8)14)10-4-2-9(12)3-5-10/h2-5H,1,6-7H2. The molecule has 3 heteroatoms. The van der Waals surface area contributed by atoms with Crippen LogP contribution in [-0.2, 0) is 4.79 Å². The fraction of sp³-hybridized carbons (Fsp3) is 0.182. The lowest BCUT2D eigenvalue weighted by Crippen LogP contribution is -2.23. The smallest absolute Gasteiger partial charge is 0.253 e. The van der Waals surface area contributed by atoms with E-state index in [1.165, 1.54) is 0 Å². The van der Waals surface area contributed by atoms with Crippen molar-refractivity contribution >= 4 is 23.2 Å². The summed E-state index contributed by atoms with van der Waals surface area (Å²) in [6, 6.07) is 7.26. The summed E-state index contributed by atoms with van der Waals surface area (Å²) >= 11 is 5.76. The van der Waals surface area contributed by atoms with Crippen LogP contribution in [0.2, 0.25) is 5.02 Å². The molecule has 2 rings (SSSR count). The summed E-state index contributed by atoms with van der Waals surface area (Å²) < 4.78 is 0.